The fourth-order valence-electron chi connectivity index (χ4n) is 4.63. The molecular weight excluding hydrogens is 445 g/mol. The Morgan fingerprint density at radius 2 is 1.63 bits per heavy atom. The second kappa shape index (κ2) is 11.4. The summed E-state index contributed by atoms with van der Waals surface area (Å²) in [5.74, 6) is -0.661. The van der Waals surface area contributed by atoms with Crippen LogP contribution in [0.15, 0.2) is 67.3 Å². The van der Waals surface area contributed by atoms with Gasteiger partial charge in [-0.2, -0.15) is 0 Å². The van der Waals surface area contributed by atoms with Crippen LogP contribution in [0.4, 0.5) is 13.2 Å². The molecule has 0 atom stereocenters. The van der Waals surface area contributed by atoms with E-state index in [1.165, 1.54) is 6.07 Å². The molecule has 35 heavy (non-hydrogen) atoms. The first kappa shape index (κ1) is 24.8. The average molecular weight is 477 g/mol. The molecule has 0 bridgehead atoms. The Morgan fingerprint density at radius 3 is 2.31 bits per heavy atom. The lowest BCUT2D eigenvalue weighted by Crippen LogP contribution is -2.13. The largest absolute Gasteiger partial charge is 0.493 e. The third-order valence-corrected chi connectivity index (χ3v) is 6.81. The van der Waals surface area contributed by atoms with Gasteiger partial charge in [0.2, 0.25) is 0 Å². The van der Waals surface area contributed by atoms with Crippen molar-refractivity contribution in [3.63, 3.8) is 0 Å². The summed E-state index contributed by atoms with van der Waals surface area (Å²) in [6.07, 6.45) is 9.68. The van der Waals surface area contributed by atoms with Crippen LogP contribution in [0.2, 0.25) is 0 Å². The number of halogens is 3. The Hall–Kier alpha value is -3.27. The van der Waals surface area contributed by atoms with Gasteiger partial charge in [-0.3, -0.25) is 0 Å². The summed E-state index contributed by atoms with van der Waals surface area (Å²) < 4.78 is 49.7. The van der Waals surface area contributed by atoms with Crippen molar-refractivity contribution in [2.75, 3.05) is 6.61 Å². The van der Waals surface area contributed by atoms with E-state index in [2.05, 4.69) is 13.5 Å². The van der Waals surface area contributed by atoms with Crippen molar-refractivity contribution in [3.8, 4) is 16.9 Å². The molecule has 182 valence electrons. The fourth-order valence-corrected chi connectivity index (χ4v) is 4.63. The quantitative estimate of drug-likeness (QED) is 0.179. The second-order valence-electron chi connectivity index (χ2n) is 9.35. The van der Waals surface area contributed by atoms with Crippen molar-refractivity contribution >= 4 is 12.2 Å². The van der Waals surface area contributed by atoms with Crippen LogP contribution in [-0.4, -0.2) is 6.61 Å². The molecule has 4 rings (SSSR count). The van der Waals surface area contributed by atoms with E-state index >= 15 is 0 Å². The molecule has 1 nitrogen and oxygen atoms in total. The highest BCUT2D eigenvalue weighted by atomic mass is 19.2. The minimum absolute atomic E-state index is 0.0967. The zero-order chi connectivity index (χ0) is 24.8. The van der Waals surface area contributed by atoms with Crippen LogP contribution < -0.4 is 4.74 Å². The SMILES string of the molecule is C=CCCOc1ccc(-c2ccc(/C=C/c3ccc(C4CCC(C)CC4)c(F)c3F)cc2)c(F)c1. The standard InChI is InChI=1S/C31H31F3O/c1-3-4-19-35-26-16-18-27(29(32)20-26)23-12-7-22(8-13-23)9-14-25-15-17-28(31(34)30(25)33)24-10-5-21(2)6-11-24/h3,7-9,12-18,20-21,24H,1,4-6,10-11,19H2,2H3/b14-9+. The monoisotopic (exact) mass is 476 g/mol. The van der Waals surface area contributed by atoms with Crippen LogP contribution >= 0.6 is 0 Å². The molecule has 0 radical (unpaired) electrons. The van der Waals surface area contributed by atoms with Crippen LogP contribution in [0.25, 0.3) is 23.3 Å². The Kier molecular flexibility index (Phi) is 8.12. The molecule has 0 spiro atoms. The Labute approximate surface area is 206 Å². The molecule has 3 aromatic rings. The molecule has 0 heterocycles. The maximum absolute atomic E-state index is 14.8. The predicted octanol–water partition coefficient (Wildman–Crippen LogP) is 9.19. The molecule has 0 N–H and O–H groups in total. The molecule has 0 unspecified atom stereocenters. The molecule has 0 amide bonds. The van der Waals surface area contributed by atoms with Gasteiger partial charge in [0.15, 0.2) is 11.6 Å². The zero-order valence-electron chi connectivity index (χ0n) is 20.1. The first-order valence-electron chi connectivity index (χ1n) is 12.3. The maximum Gasteiger partial charge on any atom is 0.166 e. The van der Waals surface area contributed by atoms with Crippen LogP contribution in [0.3, 0.4) is 0 Å². The summed E-state index contributed by atoms with van der Waals surface area (Å²) in [5, 5.41) is 0. The predicted molar refractivity (Wildman–Crippen MR) is 138 cm³/mol. The van der Waals surface area contributed by atoms with Crippen LogP contribution in [0.5, 0.6) is 5.75 Å². The van der Waals surface area contributed by atoms with E-state index in [1.54, 1.807) is 54.6 Å². The number of hydrogen-bond acceptors (Lipinski definition) is 1. The normalized spacial score (nSPS) is 18.1. The van der Waals surface area contributed by atoms with Gasteiger partial charge < -0.3 is 4.74 Å². The molecule has 0 aromatic heterocycles. The first-order valence-corrected chi connectivity index (χ1v) is 12.3. The minimum atomic E-state index is -0.800. The van der Waals surface area contributed by atoms with Gasteiger partial charge in [0.25, 0.3) is 0 Å². The molecule has 1 fully saturated rings. The van der Waals surface area contributed by atoms with Crippen molar-refractivity contribution in [3.05, 3.63) is 101 Å². The Bertz CT molecular complexity index is 1190. The summed E-state index contributed by atoms with van der Waals surface area (Å²) in [4.78, 5) is 0. The van der Waals surface area contributed by atoms with Gasteiger partial charge in [-0.15, -0.1) is 6.58 Å². The van der Waals surface area contributed by atoms with E-state index in [1.807, 2.05) is 12.1 Å². The molecule has 1 aliphatic carbocycles. The van der Waals surface area contributed by atoms with Gasteiger partial charge in [0.1, 0.15) is 11.6 Å². The summed E-state index contributed by atoms with van der Waals surface area (Å²) >= 11 is 0. The third-order valence-electron chi connectivity index (χ3n) is 6.81. The summed E-state index contributed by atoms with van der Waals surface area (Å²) in [5.41, 5.74) is 2.72. The van der Waals surface area contributed by atoms with Crippen molar-refractivity contribution in [2.45, 2.75) is 44.9 Å². The second-order valence-corrected chi connectivity index (χ2v) is 9.35. The molecule has 0 saturated heterocycles. The van der Waals surface area contributed by atoms with Crippen molar-refractivity contribution < 1.29 is 17.9 Å². The lowest BCUT2D eigenvalue weighted by Gasteiger charge is -2.27. The number of rotatable bonds is 8. The van der Waals surface area contributed by atoms with Gasteiger partial charge in [0.05, 0.1) is 6.61 Å². The molecule has 1 saturated carbocycles. The van der Waals surface area contributed by atoms with Crippen LogP contribution in [0.1, 0.15) is 61.6 Å². The van der Waals surface area contributed by atoms with Gasteiger partial charge in [-0.1, -0.05) is 74.4 Å². The Balaban J connectivity index is 1.45. The van der Waals surface area contributed by atoms with Gasteiger partial charge in [0, 0.05) is 17.2 Å². The topological polar surface area (TPSA) is 9.23 Å². The highest BCUT2D eigenvalue weighted by Crippen LogP contribution is 2.37. The van der Waals surface area contributed by atoms with E-state index in [0.717, 1.165) is 36.8 Å². The van der Waals surface area contributed by atoms with E-state index < -0.39 is 11.6 Å². The van der Waals surface area contributed by atoms with E-state index in [-0.39, 0.29) is 17.3 Å². The number of ether oxygens (including phenoxy) is 1. The molecule has 4 heteroatoms. The van der Waals surface area contributed by atoms with E-state index in [9.17, 15) is 13.2 Å². The summed E-state index contributed by atoms with van der Waals surface area (Å²) in [6.45, 7) is 6.30. The van der Waals surface area contributed by atoms with Crippen LogP contribution in [-0.2, 0) is 0 Å². The average Bonchev–Trinajstić information content (AvgIpc) is 2.86. The van der Waals surface area contributed by atoms with Crippen molar-refractivity contribution in [2.24, 2.45) is 5.92 Å². The highest BCUT2D eigenvalue weighted by molar-refractivity contribution is 5.73. The van der Waals surface area contributed by atoms with Gasteiger partial charge in [-0.05, 0) is 59.9 Å². The lowest BCUT2D eigenvalue weighted by atomic mass is 9.79. The molecule has 1 aliphatic rings. The van der Waals surface area contributed by atoms with Gasteiger partial charge >= 0.3 is 0 Å². The molecule has 3 aromatic carbocycles. The maximum atomic E-state index is 14.8. The highest BCUT2D eigenvalue weighted by Gasteiger charge is 2.24. The Morgan fingerprint density at radius 1 is 0.886 bits per heavy atom. The summed E-state index contributed by atoms with van der Waals surface area (Å²) in [7, 11) is 0. The fraction of sp³-hybridized carbons (Fsp3) is 0.290. The zero-order valence-corrected chi connectivity index (χ0v) is 20.1. The number of hydrogen-bond donors (Lipinski definition) is 0. The molecular formula is C31H31F3O. The van der Waals surface area contributed by atoms with Crippen LogP contribution in [0, 0.1) is 23.4 Å². The van der Waals surface area contributed by atoms with Crippen molar-refractivity contribution in [1.29, 1.82) is 0 Å². The number of benzene rings is 3. The third kappa shape index (κ3) is 6.05. The lowest BCUT2D eigenvalue weighted by molar-refractivity contribution is 0.323. The van der Waals surface area contributed by atoms with Gasteiger partial charge in [-0.25, -0.2) is 13.2 Å². The van der Waals surface area contributed by atoms with Crippen molar-refractivity contribution in [1.82, 2.24) is 0 Å². The van der Waals surface area contributed by atoms with E-state index in [4.69, 9.17) is 4.74 Å². The minimum Gasteiger partial charge on any atom is -0.493 e. The summed E-state index contributed by atoms with van der Waals surface area (Å²) in [6, 6.07) is 15.5. The van der Waals surface area contributed by atoms with E-state index in [0.29, 0.717) is 35.8 Å². The smallest absolute Gasteiger partial charge is 0.166 e. The first-order chi connectivity index (χ1) is 17.0. The molecule has 0 aliphatic heterocycles.